The Morgan fingerprint density at radius 2 is 1.71 bits per heavy atom. The number of Topliss-reactive ketones (excluding diaryl/α,β-unsaturated/α-hetero) is 2. The molecule has 0 aliphatic carbocycles. The average molecular weight is 298 g/mol. The Morgan fingerprint density at radius 3 is 2.24 bits per heavy atom. The molecule has 0 aromatic carbocycles. The van der Waals surface area contributed by atoms with Crippen molar-refractivity contribution >= 4 is 17.9 Å². The van der Waals surface area contributed by atoms with Crippen LogP contribution in [0.15, 0.2) is 0 Å². The van der Waals surface area contributed by atoms with Crippen molar-refractivity contribution in [2.24, 2.45) is 17.8 Å². The molecule has 0 aliphatic heterocycles. The van der Waals surface area contributed by atoms with E-state index in [1.54, 1.807) is 20.8 Å². The summed E-state index contributed by atoms with van der Waals surface area (Å²) < 4.78 is 5.43. The molecule has 4 heteroatoms. The van der Waals surface area contributed by atoms with Gasteiger partial charge in [-0.25, -0.2) is 0 Å². The summed E-state index contributed by atoms with van der Waals surface area (Å²) in [6.45, 7) is 8.11. The molecule has 0 aromatic rings. The molecule has 0 rings (SSSR count). The minimum Gasteiger partial charge on any atom is -0.380 e. The van der Waals surface area contributed by atoms with Crippen LogP contribution in [0.25, 0.3) is 0 Å². The molecular weight excluding hydrogens is 268 g/mol. The number of ketones is 2. The third kappa shape index (κ3) is 7.51. The van der Waals surface area contributed by atoms with Gasteiger partial charge in [-0.3, -0.25) is 9.59 Å². The molecule has 0 aromatic heterocycles. The fourth-order valence-electron chi connectivity index (χ4n) is 2.21. The lowest BCUT2D eigenvalue weighted by molar-refractivity contribution is -0.137. The Bertz CT molecular complexity index is 325. The lowest BCUT2D eigenvalue weighted by Gasteiger charge is -2.20. The zero-order valence-corrected chi connectivity index (χ0v) is 13.9. The van der Waals surface area contributed by atoms with E-state index in [0.717, 1.165) is 19.3 Å². The van der Waals surface area contributed by atoms with Gasteiger partial charge in [0.05, 0.1) is 12.5 Å². The highest BCUT2D eigenvalue weighted by Crippen LogP contribution is 2.18. The van der Waals surface area contributed by atoms with Crippen LogP contribution in [0.2, 0.25) is 0 Å². The molecule has 0 amide bonds. The standard InChI is InChI=1S/C17H30O4/c1-5-7-8-9-10-21-12-15(11-18)17(20)14(4)13(3)16(19)6-2/h11,13-15H,5-10,12H2,1-4H3/t13-,14+,15+/m1/s1. The third-order valence-corrected chi connectivity index (χ3v) is 4.02. The van der Waals surface area contributed by atoms with Gasteiger partial charge in [0.2, 0.25) is 0 Å². The molecule has 0 saturated carbocycles. The van der Waals surface area contributed by atoms with E-state index < -0.39 is 11.8 Å². The Morgan fingerprint density at radius 1 is 1.05 bits per heavy atom. The molecule has 21 heavy (non-hydrogen) atoms. The summed E-state index contributed by atoms with van der Waals surface area (Å²) in [4.78, 5) is 35.0. The van der Waals surface area contributed by atoms with Crippen LogP contribution in [0.3, 0.4) is 0 Å². The maximum absolute atomic E-state index is 12.2. The van der Waals surface area contributed by atoms with E-state index in [9.17, 15) is 14.4 Å². The van der Waals surface area contributed by atoms with Crippen LogP contribution in [0.1, 0.15) is 59.8 Å². The van der Waals surface area contributed by atoms with Crippen molar-refractivity contribution in [1.82, 2.24) is 0 Å². The Labute approximate surface area is 128 Å². The summed E-state index contributed by atoms with van der Waals surface area (Å²) >= 11 is 0. The maximum Gasteiger partial charge on any atom is 0.148 e. The van der Waals surface area contributed by atoms with E-state index in [1.165, 1.54) is 6.42 Å². The van der Waals surface area contributed by atoms with E-state index in [1.807, 2.05) is 0 Å². The predicted molar refractivity (Wildman–Crippen MR) is 83.1 cm³/mol. The zero-order valence-electron chi connectivity index (χ0n) is 13.9. The normalized spacial score (nSPS) is 15.2. The molecule has 0 spiro atoms. The Balaban J connectivity index is 4.23. The van der Waals surface area contributed by atoms with Crippen molar-refractivity contribution in [2.45, 2.75) is 59.8 Å². The smallest absolute Gasteiger partial charge is 0.148 e. The number of hydrogen-bond acceptors (Lipinski definition) is 4. The lowest BCUT2D eigenvalue weighted by Crippen LogP contribution is -2.33. The van der Waals surface area contributed by atoms with Crippen molar-refractivity contribution < 1.29 is 19.1 Å². The van der Waals surface area contributed by atoms with Gasteiger partial charge in [-0.15, -0.1) is 0 Å². The summed E-state index contributed by atoms with van der Waals surface area (Å²) in [5, 5.41) is 0. The van der Waals surface area contributed by atoms with Crippen molar-refractivity contribution in [3.63, 3.8) is 0 Å². The number of carbonyl (C=O) groups excluding carboxylic acids is 3. The van der Waals surface area contributed by atoms with Crippen LogP contribution in [-0.2, 0) is 19.1 Å². The summed E-state index contributed by atoms with van der Waals surface area (Å²) in [5.41, 5.74) is 0. The van der Waals surface area contributed by atoms with E-state index in [2.05, 4.69) is 6.92 Å². The molecule has 122 valence electrons. The van der Waals surface area contributed by atoms with Gasteiger partial charge in [0.25, 0.3) is 0 Å². The molecule has 0 fully saturated rings. The highest BCUT2D eigenvalue weighted by atomic mass is 16.5. The number of hydrogen-bond donors (Lipinski definition) is 0. The molecule has 0 saturated heterocycles. The molecule has 0 radical (unpaired) electrons. The minimum absolute atomic E-state index is 0.0565. The highest BCUT2D eigenvalue weighted by molar-refractivity contribution is 5.97. The summed E-state index contributed by atoms with van der Waals surface area (Å²) in [5.74, 6) is -1.65. The van der Waals surface area contributed by atoms with Gasteiger partial charge in [-0.1, -0.05) is 47.0 Å². The number of carbonyl (C=O) groups is 3. The first-order valence-corrected chi connectivity index (χ1v) is 8.08. The molecule has 0 N–H and O–H groups in total. The van der Waals surface area contributed by atoms with Crippen LogP contribution in [0.4, 0.5) is 0 Å². The second-order valence-electron chi connectivity index (χ2n) is 5.68. The third-order valence-electron chi connectivity index (χ3n) is 4.02. The predicted octanol–water partition coefficient (Wildman–Crippen LogP) is 3.22. The number of ether oxygens (including phenoxy) is 1. The zero-order chi connectivity index (χ0) is 16.3. The van der Waals surface area contributed by atoms with Crippen LogP contribution >= 0.6 is 0 Å². The van der Waals surface area contributed by atoms with E-state index in [-0.39, 0.29) is 24.1 Å². The first kappa shape index (κ1) is 20.0. The van der Waals surface area contributed by atoms with Gasteiger partial charge >= 0.3 is 0 Å². The van der Waals surface area contributed by atoms with Crippen molar-refractivity contribution in [1.29, 1.82) is 0 Å². The van der Waals surface area contributed by atoms with E-state index in [4.69, 9.17) is 4.74 Å². The van der Waals surface area contributed by atoms with Crippen LogP contribution in [0.5, 0.6) is 0 Å². The molecule has 4 nitrogen and oxygen atoms in total. The van der Waals surface area contributed by atoms with Gasteiger partial charge in [0.1, 0.15) is 17.9 Å². The topological polar surface area (TPSA) is 60.4 Å². The number of rotatable bonds is 13. The summed E-state index contributed by atoms with van der Waals surface area (Å²) in [6.07, 6.45) is 5.46. The van der Waals surface area contributed by atoms with Gasteiger partial charge < -0.3 is 9.53 Å². The van der Waals surface area contributed by atoms with E-state index in [0.29, 0.717) is 19.3 Å². The largest absolute Gasteiger partial charge is 0.380 e. The molecular formula is C17H30O4. The maximum atomic E-state index is 12.2. The SMILES string of the molecule is CCCCCCOC[C@H](C=O)C(=O)[C@@H](C)[C@@H](C)C(=O)CC. The van der Waals surface area contributed by atoms with Crippen molar-refractivity contribution in [3.05, 3.63) is 0 Å². The Hall–Kier alpha value is -1.03. The van der Waals surface area contributed by atoms with Crippen LogP contribution in [0, 0.1) is 17.8 Å². The molecule has 0 aliphatic rings. The molecule has 0 heterocycles. The van der Waals surface area contributed by atoms with Crippen LogP contribution in [-0.4, -0.2) is 31.1 Å². The fourth-order valence-corrected chi connectivity index (χ4v) is 2.21. The van der Waals surface area contributed by atoms with Crippen LogP contribution < -0.4 is 0 Å². The summed E-state index contributed by atoms with van der Waals surface area (Å²) in [7, 11) is 0. The molecule has 3 atom stereocenters. The highest BCUT2D eigenvalue weighted by Gasteiger charge is 2.30. The van der Waals surface area contributed by atoms with Gasteiger partial charge in [-0.05, 0) is 6.42 Å². The monoisotopic (exact) mass is 298 g/mol. The summed E-state index contributed by atoms with van der Waals surface area (Å²) in [6, 6.07) is 0. The van der Waals surface area contributed by atoms with Crippen molar-refractivity contribution in [2.75, 3.05) is 13.2 Å². The average Bonchev–Trinajstić information content (AvgIpc) is 2.51. The molecule has 0 bridgehead atoms. The quantitative estimate of drug-likeness (QED) is 0.297. The van der Waals surface area contributed by atoms with Crippen molar-refractivity contribution in [3.8, 4) is 0 Å². The number of aldehydes is 1. The van der Waals surface area contributed by atoms with E-state index >= 15 is 0 Å². The van der Waals surface area contributed by atoms with Gasteiger partial charge in [-0.2, -0.15) is 0 Å². The first-order valence-electron chi connectivity index (χ1n) is 8.08. The minimum atomic E-state index is -0.752. The first-order chi connectivity index (χ1) is 9.99. The second kappa shape index (κ2) is 11.6. The fraction of sp³-hybridized carbons (Fsp3) is 0.824. The van der Waals surface area contributed by atoms with Gasteiger partial charge in [0, 0.05) is 24.9 Å². The lowest BCUT2D eigenvalue weighted by atomic mass is 9.83. The molecule has 0 unspecified atom stereocenters. The second-order valence-corrected chi connectivity index (χ2v) is 5.68. The van der Waals surface area contributed by atoms with Gasteiger partial charge in [0.15, 0.2) is 0 Å². The number of unbranched alkanes of at least 4 members (excludes halogenated alkanes) is 3. The Kier molecular flexibility index (Phi) is 11.0.